The highest BCUT2D eigenvalue weighted by molar-refractivity contribution is 5.93. The van der Waals surface area contributed by atoms with Crippen LogP contribution in [0, 0.1) is 6.92 Å². The van der Waals surface area contributed by atoms with Gasteiger partial charge in [0.2, 0.25) is 0 Å². The minimum Gasteiger partial charge on any atom is -0.294 e. The predicted octanol–water partition coefficient (Wildman–Crippen LogP) is 2.35. The van der Waals surface area contributed by atoms with Gasteiger partial charge in [0.05, 0.1) is 0 Å². The predicted molar refractivity (Wildman–Crippen MR) is 66.8 cm³/mol. The number of Topliss-reactive ketones (excluding diaryl/α,β-unsaturated/α-hetero) is 1. The van der Waals surface area contributed by atoms with E-state index in [0.717, 1.165) is 11.3 Å². The largest absolute Gasteiger partial charge is 0.294 e. The van der Waals surface area contributed by atoms with Gasteiger partial charge in [-0.05, 0) is 32.0 Å². The molecule has 0 fully saturated rings. The maximum absolute atomic E-state index is 11.7. The van der Waals surface area contributed by atoms with Crippen molar-refractivity contribution in [3.05, 3.63) is 64.1 Å². The molecular weight excluding hydrogens is 214 g/mol. The molecule has 0 atom stereocenters. The van der Waals surface area contributed by atoms with Crippen molar-refractivity contribution < 1.29 is 4.79 Å². The third-order valence-electron chi connectivity index (χ3n) is 2.63. The number of pyridine rings is 1. The van der Waals surface area contributed by atoms with E-state index in [4.69, 9.17) is 0 Å². The molecule has 86 valence electrons. The van der Waals surface area contributed by atoms with Crippen molar-refractivity contribution in [2.45, 2.75) is 13.8 Å². The third-order valence-corrected chi connectivity index (χ3v) is 2.63. The summed E-state index contributed by atoms with van der Waals surface area (Å²) in [6, 6.07) is 10.6. The zero-order valence-corrected chi connectivity index (χ0v) is 9.81. The second kappa shape index (κ2) is 4.37. The summed E-state index contributed by atoms with van der Waals surface area (Å²) >= 11 is 0. The molecule has 0 amide bonds. The van der Waals surface area contributed by atoms with Gasteiger partial charge >= 0.3 is 0 Å². The summed E-state index contributed by atoms with van der Waals surface area (Å²) in [4.78, 5) is 23.0. The van der Waals surface area contributed by atoms with Gasteiger partial charge in [-0.25, -0.2) is 0 Å². The first-order valence-electron chi connectivity index (χ1n) is 5.38. The lowest BCUT2D eigenvalue weighted by atomic mass is 10.2. The molecule has 0 unspecified atom stereocenters. The summed E-state index contributed by atoms with van der Waals surface area (Å²) in [6.07, 6.45) is 1.58. The van der Waals surface area contributed by atoms with Crippen LogP contribution >= 0.6 is 0 Å². The highest BCUT2D eigenvalue weighted by Gasteiger charge is 2.04. The Labute approximate surface area is 99.3 Å². The first-order valence-corrected chi connectivity index (χ1v) is 5.38. The van der Waals surface area contributed by atoms with Crippen molar-refractivity contribution in [1.82, 2.24) is 4.57 Å². The van der Waals surface area contributed by atoms with E-state index in [9.17, 15) is 9.59 Å². The van der Waals surface area contributed by atoms with Gasteiger partial charge in [-0.15, -0.1) is 0 Å². The average molecular weight is 227 g/mol. The molecule has 0 aliphatic carbocycles. The Morgan fingerprint density at radius 2 is 1.71 bits per heavy atom. The Bertz CT molecular complexity index is 609. The van der Waals surface area contributed by atoms with Gasteiger partial charge in [0, 0.05) is 23.5 Å². The van der Waals surface area contributed by atoms with Crippen LogP contribution in [0.5, 0.6) is 0 Å². The van der Waals surface area contributed by atoms with Gasteiger partial charge in [0.25, 0.3) is 5.56 Å². The van der Waals surface area contributed by atoms with Gasteiger partial charge < -0.3 is 0 Å². The Hall–Kier alpha value is -2.16. The van der Waals surface area contributed by atoms with Crippen LogP contribution < -0.4 is 5.56 Å². The summed E-state index contributed by atoms with van der Waals surface area (Å²) in [5, 5.41) is 0. The molecule has 0 N–H and O–H groups in total. The van der Waals surface area contributed by atoms with E-state index in [0.29, 0.717) is 5.56 Å². The molecule has 1 aromatic carbocycles. The lowest BCUT2D eigenvalue weighted by Crippen LogP contribution is -2.17. The first-order chi connectivity index (χ1) is 8.08. The second-order valence-electron chi connectivity index (χ2n) is 4.02. The molecule has 3 nitrogen and oxygen atoms in total. The van der Waals surface area contributed by atoms with E-state index in [-0.39, 0.29) is 11.3 Å². The fraction of sp³-hybridized carbons (Fsp3) is 0.143. The molecule has 0 aliphatic heterocycles. The normalized spacial score (nSPS) is 10.2. The molecule has 0 bridgehead atoms. The van der Waals surface area contributed by atoms with Gasteiger partial charge in [-0.1, -0.05) is 17.7 Å². The summed E-state index contributed by atoms with van der Waals surface area (Å²) < 4.78 is 1.48. The summed E-state index contributed by atoms with van der Waals surface area (Å²) in [7, 11) is 0. The summed E-state index contributed by atoms with van der Waals surface area (Å²) in [5.74, 6) is -0.0501. The number of hydrogen-bond donors (Lipinski definition) is 0. The van der Waals surface area contributed by atoms with Crippen molar-refractivity contribution >= 4 is 5.78 Å². The smallest absolute Gasteiger partial charge is 0.255 e. The molecule has 3 heteroatoms. The standard InChI is InChI=1S/C14H13NO2/c1-10-3-6-13(7-4-10)15-9-12(11(2)16)5-8-14(15)17/h3-9H,1-2H3. The number of nitrogens with zero attached hydrogens (tertiary/aromatic N) is 1. The molecule has 0 spiro atoms. The number of aryl methyl sites for hydroxylation is 1. The molecule has 0 aliphatic rings. The minimum atomic E-state index is -0.140. The van der Waals surface area contributed by atoms with Crippen molar-refractivity contribution in [1.29, 1.82) is 0 Å². The van der Waals surface area contributed by atoms with Crippen LogP contribution in [0.1, 0.15) is 22.8 Å². The van der Waals surface area contributed by atoms with Crippen molar-refractivity contribution in [3.63, 3.8) is 0 Å². The SMILES string of the molecule is CC(=O)c1ccc(=O)n(-c2ccc(C)cc2)c1. The topological polar surface area (TPSA) is 39.1 Å². The lowest BCUT2D eigenvalue weighted by molar-refractivity contribution is 0.101. The maximum Gasteiger partial charge on any atom is 0.255 e. The van der Waals surface area contributed by atoms with Gasteiger partial charge in [0.15, 0.2) is 5.78 Å². The van der Waals surface area contributed by atoms with Gasteiger partial charge in [-0.2, -0.15) is 0 Å². The van der Waals surface area contributed by atoms with E-state index >= 15 is 0 Å². The van der Waals surface area contributed by atoms with Crippen LogP contribution in [-0.2, 0) is 0 Å². The minimum absolute atomic E-state index is 0.0501. The molecule has 2 rings (SSSR count). The number of aromatic nitrogens is 1. The zero-order chi connectivity index (χ0) is 12.4. The molecule has 0 radical (unpaired) electrons. The Morgan fingerprint density at radius 3 is 2.29 bits per heavy atom. The summed E-state index contributed by atoms with van der Waals surface area (Å²) in [6.45, 7) is 3.47. The van der Waals surface area contributed by atoms with E-state index in [1.165, 1.54) is 17.6 Å². The van der Waals surface area contributed by atoms with Crippen molar-refractivity contribution in [2.75, 3.05) is 0 Å². The molecule has 17 heavy (non-hydrogen) atoms. The number of rotatable bonds is 2. The van der Waals surface area contributed by atoms with Crippen molar-refractivity contribution in [3.8, 4) is 5.69 Å². The highest BCUT2D eigenvalue weighted by Crippen LogP contribution is 2.08. The Morgan fingerprint density at radius 1 is 1.06 bits per heavy atom. The Kier molecular flexibility index (Phi) is 2.91. The summed E-state index contributed by atoms with van der Waals surface area (Å²) in [5.41, 5.74) is 2.29. The fourth-order valence-electron chi connectivity index (χ4n) is 1.60. The molecule has 1 heterocycles. The molecular formula is C14H13NO2. The molecule has 0 saturated carbocycles. The van der Waals surface area contributed by atoms with E-state index in [2.05, 4.69) is 0 Å². The van der Waals surface area contributed by atoms with E-state index in [1.807, 2.05) is 31.2 Å². The average Bonchev–Trinajstić information content (AvgIpc) is 2.31. The van der Waals surface area contributed by atoms with Crippen LogP contribution in [0.25, 0.3) is 5.69 Å². The molecule has 2 aromatic rings. The van der Waals surface area contributed by atoms with E-state index in [1.54, 1.807) is 12.3 Å². The lowest BCUT2D eigenvalue weighted by Gasteiger charge is -2.07. The van der Waals surface area contributed by atoms with Crippen LogP contribution in [0.15, 0.2) is 47.4 Å². The van der Waals surface area contributed by atoms with Crippen LogP contribution in [0.4, 0.5) is 0 Å². The number of hydrogen-bond acceptors (Lipinski definition) is 2. The van der Waals surface area contributed by atoms with E-state index < -0.39 is 0 Å². The van der Waals surface area contributed by atoms with Gasteiger partial charge in [0.1, 0.15) is 0 Å². The number of benzene rings is 1. The number of ketones is 1. The highest BCUT2D eigenvalue weighted by atomic mass is 16.1. The zero-order valence-electron chi connectivity index (χ0n) is 9.81. The first kappa shape index (κ1) is 11.3. The second-order valence-corrected chi connectivity index (χ2v) is 4.02. The number of carbonyl (C=O) groups is 1. The number of carbonyl (C=O) groups excluding carboxylic acids is 1. The van der Waals surface area contributed by atoms with Crippen molar-refractivity contribution in [2.24, 2.45) is 0 Å². The molecule has 1 aromatic heterocycles. The third kappa shape index (κ3) is 2.33. The van der Waals surface area contributed by atoms with Crippen LogP contribution in [0.3, 0.4) is 0 Å². The van der Waals surface area contributed by atoms with Gasteiger partial charge in [-0.3, -0.25) is 14.2 Å². The monoisotopic (exact) mass is 227 g/mol. The van der Waals surface area contributed by atoms with Crippen LogP contribution in [-0.4, -0.2) is 10.4 Å². The Balaban J connectivity index is 2.58. The fourth-order valence-corrected chi connectivity index (χ4v) is 1.60. The quantitative estimate of drug-likeness (QED) is 0.739. The molecule has 0 saturated heterocycles. The maximum atomic E-state index is 11.7. The van der Waals surface area contributed by atoms with Crippen LogP contribution in [0.2, 0.25) is 0 Å².